The summed E-state index contributed by atoms with van der Waals surface area (Å²) >= 11 is 0. The number of furan rings is 1. The Morgan fingerprint density at radius 2 is 1.17 bits per heavy atom. The van der Waals surface area contributed by atoms with Gasteiger partial charge in [0.2, 0.25) is 0 Å². The zero-order valence-corrected chi connectivity index (χ0v) is 30.1. The highest BCUT2D eigenvalue weighted by molar-refractivity contribution is 6.10. The highest BCUT2D eigenvalue weighted by Crippen LogP contribution is 2.54. The standard InChI is InChI=1S/C51H36N2O/c1-51(2)44-32-38(28-29-41(44)49-42-19-9-11-22-48(42)54-50(49)51)52(45-21-12-14-34-13-6-7-17-39(34)45)37-26-23-33(24-27-37)35-25-30-47-43(31-35)40-18-8-10-20-46(40)53(47)36-15-4-3-5-16-36/h3-32H,1-2H3. The number of para-hydroxylation sites is 3. The lowest BCUT2D eigenvalue weighted by Gasteiger charge is -2.29. The summed E-state index contributed by atoms with van der Waals surface area (Å²) in [6.45, 7) is 4.57. The van der Waals surface area contributed by atoms with Gasteiger partial charge in [-0.25, -0.2) is 0 Å². The highest BCUT2D eigenvalue weighted by atomic mass is 16.3. The molecule has 0 saturated heterocycles. The number of rotatable bonds is 5. The number of benzene rings is 8. The van der Waals surface area contributed by atoms with E-state index in [1.165, 1.54) is 71.5 Å². The van der Waals surface area contributed by atoms with Gasteiger partial charge in [0.1, 0.15) is 11.3 Å². The maximum absolute atomic E-state index is 6.55. The second kappa shape index (κ2) is 11.6. The number of hydrogen-bond acceptors (Lipinski definition) is 2. The Kier molecular flexibility index (Phi) is 6.60. The zero-order chi connectivity index (χ0) is 36.0. The van der Waals surface area contributed by atoms with E-state index < -0.39 is 0 Å². The van der Waals surface area contributed by atoms with Crippen molar-refractivity contribution in [1.29, 1.82) is 0 Å². The van der Waals surface area contributed by atoms with Gasteiger partial charge in [-0.3, -0.25) is 0 Å². The van der Waals surface area contributed by atoms with Crippen molar-refractivity contribution in [2.24, 2.45) is 0 Å². The molecule has 2 aromatic heterocycles. The first-order valence-corrected chi connectivity index (χ1v) is 18.7. The summed E-state index contributed by atoms with van der Waals surface area (Å²) in [5.41, 5.74) is 13.8. The van der Waals surface area contributed by atoms with Crippen LogP contribution < -0.4 is 4.90 Å². The van der Waals surface area contributed by atoms with E-state index in [1.807, 2.05) is 6.07 Å². The molecule has 0 radical (unpaired) electrons. The van der Waals surface area contributed by atoms with Gasteiger partial charge < -0.3 is 13.9 Å². The Hall–Kier alpha value is -6.84. The number of nitrogens with zero attached hydrogens (tertiary/aromatic N) is 2. The van der Waals surface area contributed by atoms with Crippen molar-refractivity contribution in [3.8, 4) is 27.9 Å². The van der Waals surface area contributed by atoms with Crippen molar-refractivity contribution < 1.29 is 4.42 Å². The van der Waals surface area contributed by atoms with Crippen LogP contribution in [0.15, 0.2) is 186 Å². The third-order valence-electron chi connectivity index (χ3n) is 11.5. The number of hydrogen-bond donors (Lipinski definition) is 0. The smallest absolute Gasteiger partial charge is 0.134 e. The summed E-state index contributed by atoms with van der Waals surface area (Å²) < 4.78 is 8.92. The molecule has 1 aliphatic rings. The Morgan fingerprint density at radius 1 is 0.500 bits per heavy atom. The van der Waals surface area contributed by atoms with E-state index in [4.69, 9.17) is 4.42 Å². The number of fused-ring (bicyclic) bond motifs is 9. The van der Waals surface area contributed by atoms with Gasteiger partial charge in [-0.1, -0.05) is 115 Å². The molecule has 54 heavy (non-hydrogen) atoms. The highest BCUT2D eigenvalue weighted by Gasteiger charge is 2.41. The molecule has 0 amide bonds. The molecule has 256 valence electrons. The quantitative estimate of drug-likeness (QED) is 0.179. The molecular formula is C51H36N2O. The predicted molar refractivity (Wildman–Crippen MR) is 226 cm³/mol. The minimum absolute atomic E-state index is 0.281. The molecule has 0 bridgehead atoms. The average Bonchev–Trinajstić information content (AvgIpc) is 3.85. The molecule has 0 N–H and O–H groups in total. The molecule has 11 rings (SSSR count). The lowest BCUT2D eigenvalue weighted by atomic mass is 9.85. The Labute approximate surface area is 314 Å². The van der Waals surface area contributed by atoms with Crippen LogP contribution in [0.4, 0.5) is 17.1 Å². The van der Waals surface area contributed by atoms with E-state index in [-0.39, 0.29) is 5.41 Å². The van der Waals surface area contributed by atoms with Crippen LogP contribution in [-0.2, 0) is 5.41 Å². The molecule has 0 aliphatic heterocycles. The van der Waals surface area contributed by atoms with Gasteiger partial charge in [0, 0.05) is 49.6 Å². The first-order valence-electron chi connectivity index (χ1n) is 18.7. The van der Waals surface area contributed by atoms with Gasteiger partial charge in [-0.2, -0.15) is 0 Å². The van der Waals surface area contributed by atoms with Crippen molar-refractivity contribution in [3.05, 3.63) is 193 Å². The normalized spacial score (nSPS) is 13.1. The maximum Gasteiger partial charge on any atom is 0.134 e. The number of anilines is 3. The second-order valence-corrected chi connectivity index (χ2v) is 15.0. The van der Waals surface area contributed by atoms with E-state index in [2.05, 4.69) is 199 Å². The zero-order valence-electron chi connectivity index (χ0n) is 30.1. The van der Waals surface area contributed by atoms with Crippen LogP contribution in [0.3, 0.4) is 0 Å². The average molecular weight is 693 g/mol. The summed E-state index contributed by atoms with van der Waals surface area (Å²) in [5.74, 6) is 1.04. The molecule has 0 fully saturated rings. The molecule has 3 heteroatoms. The van der Waals surface area contributed by atoms with Crippen LogP contribution in [0.5, 0.6) is 0 Å². The monoisotopic (exact) mass is 692 g/mol. The van der Waals surface area contributed by atoms with Gasteiger partial charge >= 0.3 is 0 Å². The fraction of sp³-hybridized carbons (Fsp3) is 0.0588. The third kappa shape index (κ3) is 4.48. The van der Waals surface area contributed by atoms with Gasteiger partial charge in [0.05, 0.1) is 16.7 Å². The van der Waals surface area contributed by atoms with Crippen molar-refractivity contribution in [1.82, 2.24) is 4.57 Å². The van der Waals surface area contributed by atoms with E-state index in [9.17, 15) is 0 Å². The van der Waals surface area contributed by atoms with Crippen LogP contribution in [0.2, 0.25) is 0 Å². The molecule has 2 heterocycles. The first-order chi connectivity index (χ1) is 26.5. The third-order valence-corrected chi connectivity index (χ3v) is 11.5. The molecular weight excluding hydrogens is 657 g/mol. The van der Waals surface area contributed by atoms with Crippen molar-refractivity contribution in [2.45, 2.75) is 19.3 Å². The molecule has 8 aromatic carbocycles. The van der Waals surface area contributed by atoms with Crippen LogP contribution in [0.25, 0.3) is 71.5 Å². The SMILES string of the molecule is CC1(C)c2cc(N(c3ccc(-c4ccc5c(c4)c4ccccc4n5-c4ccccc4)cc3)c3cccc4ccccc34)ccc2-c2c1oc1ccccc21. The summed E-state index contributed by atoms with van der Waals surface area (Å²) in [6.07, 6.45) is 0. The molecule has 0 saturated carbocycles. The lowest BCUT2D eigenvalue weighted by Crippen LogP contribution is -2.16. The lowest BCUT2D eigenvalue weighted by molar-refractivity contribution is 0.465. The van der Waals surface area contributed by atoms with Crippen molar-refractivity contribution in [3.63, 3.8) is 0 Å². The van der Waals surface area contributed by atoms with Crippen LogP contribution in [-0.4, -0.2) is 4.57 Å². The fourth-order valence-electron chi connectivity index (χ4n) is 8.92. The van der Waals surface area contributed by atoms with Crippen LogP contribution >= 0.6 is 0 Å². The largest absolute Gasteiger partial charge is 0.459 e. The number of aromatic nitrogens is 1. The van der Waals surface area contributed by atoms with Crippen LogP contribution in [0.1, 0.15) is 25.2 Å². The van der Waals surface area contributed by atoms with E-state index in [1.54, 1.807) is 0 Å². The topological polar surface area (TPSA) is 21.3 Å². The Morgan fingerprint density at radius 3 is 2.02 bits per heavy atom. The van der Waals surface area contributed by atoms with Crippen LogP contribution in [0, 0.1) is 0 Å². The van der Waals surface area contributed by atoms with Gasteiger partial charge in [0.25, 0.3) is 0 Å². The Balaban J connectivity index is 1.05. The van der Waals surface area contributed by atoms with Crippen molar-refractivity contribution >= 4 is 60.6 Å². The second-order valence-electron chi connectivity index (χ2n) is 15.0. The predicted octanol–water partition coefficient (Wildman–Crippen LogP) is 14.1. The van der Waals surface area contributed by atoms with Gasteiger partial charge in [-0.05, 0) is 108 Å². The maximum atomic E-state index is 6.55. The molecule has 3 nitrogen and oxygen atoms in total. The summed E-state index contributed by atoms with van der Waals surface area (Å²) in [7, 11) is 0. The van der Waals surface area contributed by atoms with Crippen molar-refractivity contribution in [2.75, 3.05) is 4.90 Å². The summed E-state index contributed by atoms with van der Waals surface area (Å²) in [6, 6.07) is 65.9. The van der Waals surface area contributed by atoms with Gasteiger partial charge in [-0.15, -0.1) is 0 Å². The van der Waals surface area contributed by atoms with E-state index in [0.29, 0.717) is 0 Å². The molecule has 0 spiro atoms. The minimum atomic E-state index is -0.281. The van der Waals surface area contributed by atoms with E-state index >= 15 is 0 Å². The fourth-order valence-corrected chi connectivity index (χ4v) is 8.92. The molecule has 1 aliphatic carbocycles. The molecule has 0 unspecified atom stereocenters. The minimum Gasteiger partial charge on any atom is -0.459 e. The summed E-state index contributed by atoms with van der Waals surface area (Å²) in [5, 5.41) is 6.11. The Bertz CT molecular complexity index is 3070. The van der Waals surface area contributed by atoms with E-state index in [0.717, 1.165) is 28.4 Å². The molecule has 10 aromatic rings. The molecule has 0 atom stereocenters. The first kappa shape index (κ1) is 30.8. The van der Waals surface area contributed by atoms with Gasteiger partial charge in [0.15, 0.2) is 0 Å². The summed E-state index contributed by atoms with van der Waals surface area (Å²) in [4.78, 5) is 2.41.